The Labute approximate surface area is 138 Å². The first kappa shape index (κ1) is 17.3. The Morgan fingerprint density at radius 3 is 2.57 bits per heavy atom. The molecule has 2 amide bonds. The molecule has 1 saturated carbocycles. The molecule has 0 aliphatic heterocycles. The van der Waals surface area contributed by atoms with E-state index in [1.54, 1.807) is 39.4 Å². The predicted octanol–water partition coefficient (Wildman–Crippen LogP) is 3.31. The van der Waals surface area contributed by atoms with Crippen LogP contribution in [0.3, 0.4) is 0 Å². The van der Waals surface area contributed by atoms with Crippen molar-refractivity contribution in [2.24, 2.45) is 5.92 Å². The Hall–Kier alpha value is -2.04. The lowest BCUT2D eigenvalue weighted by Crippen LogP contribution is -2.22. The fourth-order valence-corrected chi connectivity index (χ4v) is 3.04. The van der Waals surface area contributed by atoms with E-state index in [1.807, 2.05) is 0 Å². The topological polar surface area (TPSA) is 58.6 Å². The third kappa shape index (κ3) is 4.71. The largest absolute Gasteiger partial charge is 0.495 e. The van der Waals surface area contributed by atoms with Crippen molar-refractivity contribution >= 4 is 17.5 Å². The van der Waals surface area contributed by atoms with Crippen LogP contribution in [0.25, 0.3) is 0 Å². The molecular formula is C18H26N2O3. The second kappa shape index (κ2) is 7.99. The first-order valence-electron chi connectivity index (χ1n) is 8.20. The first-order valence-corrected chi connectivity index (χ1v) is 8.20. The van der Waals surface area contributed by atoms with Crippen LogP contribution in [0.4, 0.5) is 5.69 Å². The van der Waals surface area contributed by atoms with Gasteiger partial charge in [0.1, 0.15) is 5.75 Å². The molecule has 0 radical (unpaired) electrons. The standard InChI is InChI=1S/C18H26N2O3/c1-20(2)18(22)14-9-10-16(23-3)15(12-14)19-17(21)11-8-13-6-4-5-7-13/h9-10,12-13H,4-8,11H2,1-3H3,(H,19,21). The third-order valence-electron chi connectivity index (χ3n) is 4.38. The van der Waals surface area contributed by atoms with E-state index < -0.39 is 0 Å². The summed E-state index contributed by atoms with van der Waals surface area (Å²) in [5.74, 6) is 1.12. The highest BCUT2D eigenvalue weighted by atomic mass is 16.5. The minimum atomic E-state index is -0.103. The zero-order chi connectivity index (χ0) is 16.8. The van der Waals surface area contributed by atoms with Gasteiger partial charge < -0.3 is 15.0 Å². The molecule has 1 N–H and O–H groups in total. The molecule has 5 heteroatoms. The van der Waals surface area contributed by atoms with Crippen molar-refractivity contribution in [1.29, 1.82) is 0 Å². The van der Waals surface area contributed by atoms with Gasteiger partial charge in [-0.3, -0.25) is 9.59 Å². The van der Waals surface area contributed by atoms with Crippen LogP contribution in [0.15, 0.2) is 18.2 Å². The van der Waals surface area contributed by atoms with Crippen molar-refractivity contribution in [3.63, 3.8) is 0 Å². The molecular weight excluding hydrogens is 292 g/mol. The van der Waals surface area contributed by atoms with Crippen molar-refractivity contribution in [2.75, 3.05) is 26.5 Å². The number of carbonyl (C=O) groups excluding carboxylic acids is 2. The number of rotatable bonds is 6. The van der Waals surface area contributed by atoms with Crippen LogP contribution in [-0.2, 0) is 4.79 Å². The number of methoxy groups -OCH3 is 1. The zero-order valence-corrected chi connectivity index (χ0v) is 14.2. The lowest BCUT2D eigenvalue weighted by Gasteiger charge is -2.15. The summed E-state index contributed by atoms with van der Waals surface area (Å²) in [6.07, 6.45) is 6.50. The van der Waals surface area contributed by atoms with E-state index in [1.165, 1.54) is 30.6 Å². The van der Waals surface area contributed by atoms with Gasteiger partial charge >= 0.3 is 0 Å². The van der Waals surface area contributed by atoms with Crippen molar-refractivity contribution in [3.05, 3.63) is 23.8 Å². The van der Waals surface area contributed by atoms with Gasteiger partial charge in [0.25, 0.3) is 5.91 Å². The van der Waals surface area contributed by atoms with Crippen molar-refractivity contribution in [2.45, 2.75) is 38.5 Å². The van der Waals surface area contributed by atoms with Crippen LogP contribution in [0, 0.1) is 5.92 Å². The zero-order valence-electron chi connectivity index (χ0n) is 14.2. The van der Waals surface area contributed by atoms with E-state index >= 15 is 0 Å². The summed E-state index contributed by atoms with van der Waals surface area (Å²) in [7, 11) is 4.95. The molecule has 1 fully saturated rings. The molecule has 5 nitrogen and oxygen atoms in total. The Balaban J connectivity index is 2.02. The van der Waals surface area contributed by atoms with Crippen LogP contribution in [0.2, 0.25) is 0 Å². The molecule has 1 aliphatic carbocycles. The third-order valence-corrected chi connectivity index (χ3v) is 4.38. The molecule has 0 spiro atoms. The highest BCUT2D eigenvalue weighted by molar-refractivity contribution is 5.98. The molecule has 0 saturated heterocycles. The van der Waals surface area contributed by atoms with Gasteiger partial charge in [-0.25, -0.2) is 0 Å². The monoisotopic (exact) mass is 318 g/mol. The van der Waals surface area contributed by atoms with Gasteiger partial charge in [0, 0.05) is 26.1 Å². The van der Waals surface area contributed by atoms with Crippen molar-refractivity contribution < 1.29 is 14.3 Å². The quantitative estimate of drug-likeness (QED) is 0.875. The summed E-state index contributed by atoms with van der Waals surface area (Å²) in [5.41, 5.74) is 1.08. The molecule has 2 rings (SSSR count). The molecule has 0 heterocycles. The molecule has 1 aromatic carbocycles. The predicted molar refractivity (Wildman–Crippen MR) is 90.8 cm³/mol. The number of hydrogen-bond acceptors (Lipinski definition) is 3. The van der Waals surface area contributed by atoms with Crippen LogP contribution < -0.4 is 10.1 Å². The Bertz CT molecular complexity index is 563. The van der Waals surface area contributed by atoms with Gasteiger partial charge in [-0.15, -0.1) is 0 Å². The highest BCUT2D eigenvalue weighted by Gasteiger charge is 2.17. The lowest BCUT2D eigenvalue weighted by atomic mass is 10.0. The summed E-state index contributed by atoms with van der Waals surface area (Å²) in [6, 6.07) is 5.09. The number of anilines is 1. The van der Waals surface area contributed by atoms with Gasteiger partial charge in [-0.1, -0.05) is 25.7 Å². The maximum absolute atomic E-state index is 12.2. The second-order valence-electron chi connectivity index (χ2n) is 6.35. The summed E-state index contributed by atoms with van der Waals surface area (Å²) in [6.45, 7) is 0. The van der Waals surface area contributed by atoms with Crippen LogP contribution >= 0.6 is 0 Å². The lowest BCUT2D eigenvalue weighted by molar-refractivity contribution is -0.116. The molecule has 1 aliphatic rings. The second-order valence-corrected chi connectivity index (χ2v) is 6.35. The van der Waals surface area contributed by atoms with E-state index in [-0.39, 0.29) is 11.8 Å². The number of nitrogens with zero attached hydrogens (tertiary/aromatic N) is 1. The van der Waals surface area contributed by atoms with E-state index in [0.29, 0.717) is 29.3 Å². The number of carbonyl (C=O) groups is 2. The maximum atomic E-state index is 12.2. The summed E-state index contributed by atoms with van der Waals surface area (Å²) in [4.78, 5) is 25.8. The van der Waals surface area contributed by atoms with E-state index in [9.17, 15) is 9.59 Å². The maximum Gasteiger partial charge on any atom is 0.253 e. The van der Waals surface area contributed by atoms with Crippen LogP contribution in [0.5, 0.6) is 5.75 Å². The molecule has 1 aromatic rings. The van der Waals surface area contributed by atoms with Gasteiger partial charge in [-0.2, -0.15) is 0 Å². The van der Waals surface area contributed by atoms with E-state index in [4.69, 9.17) is 4.74 Å². The first-order chi connectivity index (χ1) is 11.0. The summed E-state index contributed by atoms with van der Waals surface area (Å²) in [5, 5.41) is 2.88. The fourth-order valence-electron chi connectivity index (χ4n) is 3.04. The fraction of sp³-hybridized carbons (Fsp3) is 0.556. The molecule has 126 valence electrons. The average molecular weight is 318 g/mol. The average Bonchev–Trinajstić information content (AvgIpc) is 3.05. The summed E-state index contributed by atoms with van der Waals surface area (Å²) < 4.78 is 5.28. The molecule has 0 aromatic heterocycles. The number of hydrogen-bond donors (Lipinski definition) is 1. The van der Waals surface area contributed by atoms with Gasteiger partial charge in [0.2, 0.25) is 5.91 Å². The number of benzene rings is 1. The van der Waals surface area contributed by atoms with Gasteiger partial charge in [0.15, 0.2) is 0 Å². The van der Waals surface area contributed by atoms with Gasteiger partial charge in [0.05, 0.1) is 12.8 Å². The molecule has 0 unspecified atom stereocenters. The Kier molecular flexibility index (Phi) is 6.02. The SMILES string of the molecule is COc1ccc(C(=O)N(C)C)cc1NC(=O)CCC1CCCC1. The van der Waals surface area contributed by atoms with Crippen molar-refractivity contribution in [1.82, 2.24) is 4.90 Å². The Morgan fingerprint density at radius 1 is 1.26 bits per heavy atom. The minimum absolute atomic E-state index is 0.0235. The molecule has 0 atom stereocenters. The number of amides is 2. The summed E-state index contributed by atoms with van der Waals surface area (Å²) >= 11 is 0. The molecule has 0 bridgehead atoms. The van der Waals surface area contributed by atoms with E-state index in [2.05, 4.69) is 5.32 Å². The van der Waals surface area contributed by atoms with Crippen molar-refractivity contribution in [3.8, 4) is 5.75 Å². The normalized spacial score (nSPS) is 14.6. The smallest absolute Gasteiger partial charge is 0.253 e. The van der Waals surface area contributed by atoms with Crippen LogP contribution in [0.1, 0.15) is 48.9 Å². The highest BCUT2D eigenvalue weighted by Crippen LogP contribution is 2.29. The number of nitrogens with one attached hydrogen (secondary N) is 1. The number of ether oxygens (including phenoxy) is 1. The molecule has 23 heavy (non-hydrogen) atoms. The minimum Gasteiger partial charge on any atom is -0.495 e. The van der Waals surface area contributed by atoms with Gasteiger partial charge in [-0.05, 0) is 30.5 Å². The Morgan fingerprint density at radius 2 is 1.96 bits per heavy atom. The van der Waals surface area contributed by atoms with Crippen LogP contribution in [-0.4, -0.2) is 37.9 Å². The van der Waals surface area contributed by atoms with E-state index in [0.717, 1.165) is 6.42 Å².